The minimum absolute atomic E-state index is 0.0976. The van der Waals surface area contributed by atoms with Crippen LogP contribution in [0, 0.1) is 0 Å². The maximum Gasteiger partial charge on any atom is 0.333 e. The van der Waals surface area contributed by atoms with Crippen molar-refractivity contribution in [2.24, 2.45) is 0 Å². The van der Waals surface area contributed by atoms with Gasteiger partial charge in [0.1, 0.15) is 5.69 Å². The second-order valence-electron chi connectivity index (χ2n) is 5.11. The molecule has 1 aromatic heterocycles. The smallest absolute Gasteiger partial charge is 0.333 e. The Bertz CT molecular complexity index is 724. The molecule has 0 aliphatic rings. The van der Waals surface area contributed by atoms with Gasteiger partial charge < -0.3 is 19.5 Å². The molecule has 1 amide bonds. The zero-order valence-corrected chi connectivity index (χ0v) is 14.2. The number of halogens is 2. The number of amides is 1. The Hall–Kier alpha value is -2.84. The molecule has 136 valence electrons. The van der Waals surface area contributed by atoms with Gasteiger partial charge in [-0.3, -0.25) is 4.79 Å². The Balaban J connectivity index is 2.22. The summed E-state index contributed by atoms with van der Waals surface area (Å²) in [6.45, 7) is -1.06. The predicted octanol–water partition coefficient (Wildman–Crippen LogP) is 2.80. The number of rotatable bonds is 7. The molecule has 7 nitrogen and oxygen atoms in total. The highest BCUT2D eigenvalue weighted by atomic mass is 19.3. The number of nitrogens with one attached hydrogen (secondary N) is 1. The highest BCUT2D eigenvalue weighted by molar-refractivity contribution is 5.92. The zero-order chi connectivity index (χ0) is 18.6. The number of carbonyl (C=O) groups is 1. The van der Waals surface area contributed by atoms with E-state index in [-0.39, 0.29) is 5.69 Å². The third-order valence-corrected chi connectivity index (χ3v) is 3.58. The van der Waals surface area contributed by atoms with Crippen LogP contribution in [0.2, 0.25) is 0 Å². The summed E-state index contributed by atoms with van der Waals surface area (Å²) < 4.78 is 41.3. The number of aromatic nitrogens is 2. The molecule has 1 heterocycles. The van der Waals surface area contributed by atoms with Crippen LogP contribution >= 0.6 is 0 Å². The molecule has 1 aromatic carbocycles. The second kappa shape index (κ2) is 7.82. The van der Waals surface area contributed by atoms with Crippen LogP contribution < -0.4 is 19.5 Å². The maximum atomic E-state index is 12.5. The van der Waals surface area contributed by atoms with E-state index < -0.39 is 18.5 Å². The summed E-state index contributed by atoms with van der Waals surface area (Å²) in [5.41, 5.74) is 0.593. The molecule has 0 aliphatic carbocycles. The van der Waals surface area contributed by atoms with E-state index in [4.69, 9.17) is 14.2 Å². The maximum absolute atomic E-state index is 12.5. The lowest BCUT2D eigenvalue weighted by Gasteiger charge is -2.18. The van der Waals surface area contributed by atoms with E-state index in [1.807, 2.05) is 0 Å². The summed E-state index contributed by atoms with van der Waals surface area (Å²) in [4.78, 5) is 12.2. The van der Waals surface area contributed by atoms with E-state index in [2.05, 4.69) is 10.4 Å². The molecular weight excluding hydrogens is 336 g/mol. The van der Waals surface area contributed by atoms with Crippen LogP contribution in [0.4, 0.5) is 8.78 Å². The van der Waals surface area contributed by atoms with Gasteiger partial charge in [0, 0.05) is 6.20 Å². The number of nitrogens with zero attached hydrogens (tertiary/aromatic N) is 2. The van der Waals surface area contributed by atoms with E-state index in [1.165, 1.54) is 27.4 Å². The largest absolute Gasteiger partial charge is 0.493 e. The molecule has 0 bridgehead atoms. The van der Waals surface area contributed by atoms with Crippen molar-refractivity contribution in [3.8, 4) is 17.2 Å². The monoisotopic (exact) mass is 355 g/mol. The molecule has 1 unspecified atom stereocenters. The number of ether oxygens (including phenoxy) is 3. The highest BCUT2D eigenvalue weighted by Crippen LogP contribution is 2.39. The molecule has 0 saturated heterocycles. The number of hydrogen-bond acceptors (Lipinski definition) is 5. The number of hydrogen-bond donors (Lipinski definition) is 1. The molecule has 25 heavy (non-hydrogen) atoms. The molecule has 2 aromatic rings. The number of benzene rings is 1. The van der Waals surface area contributed by atoms with Gasteiger partial charge >= 0.3 is 6.55 Å². The minimum Gasteiger partial charge on any atom is -0.493 e. The van der Waals surface area contributed by atoms with Gasteiger partial charge in [-0.15, -0.1) is 0 Å². The van der Waals surface area contributed by atoms with Crippen molar-refractivity contribution in [1.29, 1.82) is 0 Å². The Morgan fingerprint density at radius 1 is 1.16 bits per heavy atom. The van der Waals surface area contributed by atoms with E-state index in [0.717, 1.165) is 6.20 Å². The topological polar surface area (TPSA) is 74.6 Å². The fourth-order valence-corrected chi connectivity index (χ4v) is 2.27. The highest BCUT2D eigenvalue weighted by Gasteiger charge is 2.19. The van der Waals surface area contributed by atoms with Crippen molar-refractivity contribution in [1.82, 2.24) is 15.1 Å². The molecule has 0 fully saturated rings. The van der Waals surface area contributed by atoms with Crippen LogP contribution in [0.1, 0.15) is 35.6 Å². The van der Waals surface area contributed by atoms with Crippen molar-refractivity contribution >= 4 is 5.91 Å². The summed E-state index contributed by atoms with van der Waals surface area (Å²) in [7, 11) is 4.47. The average Bonchev–Trinajstić information content (AvgIpc) is 3.10. The zero-order valence-electron chi connectivity index (χ0n) is 14.2. The van der Waals surface area contributed by atoms with Crippen LogP contribution in [0.3, 0.4) is 0 Å². The van der Waals surface area contributed by atoms with E-state index in [1.54, 1.807) is 19.1 Å². The van der Waals surface area contributed by atoms with Crippen molar-refractivity contribution in [2.45, 2.75) is 19.5 Å². The summed E-state index contributed by atoms with van der Waals surface area (Å²) in [6.07, 6.45) is 1.05. The third-order valence-electron chi connectivity index (χ3n) is 3.58. The van der Waals surface area contributed by atoms with Gasteiger partial charge in [0.25, 0.3) is 5.91 Å². The molecule has 1 N–H and O–H groups in total. The quantitative estimate of drug-likeness (QED) is 0.827. The Labute approximate surface area is 143 Å². The van der Waals surface area contributed by atoms with Crippen molar-refractivity contribution in [3.05, 3.63) is 35.7 Å². The molecule has 9 heteroatoms. The molecule has 0 radical (unpaired) electrons. The average molecular weight is 355 g/mol. The SMILES string of the molecule is COc1cc(C(C)NC(=O)c2ccn(C(F)F)n2)cc(OC)c1OC. The lowest BCUT2D eigenvalue weighted by molar-refractivity contribution is 0.0559. The van der Waals surface area contributed by atoms with Gasteiger partial charge in [-0.2, -0.15) is 13.9 Å². The van der Waals surface area contributed by atoms with E-state index in [0.29, 0.717) is 27.5 Å². The summed E-state index contributed by atoms with van der Waals surface area (Å²) in [5, 5.41) is 6.23. The Morgan fingerprint density at radius 2 is 1.76 bits per heavy atom. The molecule has 0 aliphatic heterocycles. The van der Waals surface area contributed by atoms with Crippen molar-refractivity contribution < 1.29 is 27.8 Å². The number of carbonyl (C=O) groups excluding carboxylic acids is 1. The summed E-state index contributed by atoms with van der Waals surface area (Å²) in [6, 6.07) is 4.18. The van der Waals surface area contributed by atoms with Crippen LogP contribution in [0.5, 0.6) is 17.2 Å². The van der Waals surface area contributed by atoms with E-state index in [9.17, 15) is 13.6 Å². The second-order valence-corrected chi connectivity index (χ2v) is 5.11. The van der Waals surface area contributed by atoms with Crippen LogP contribution in [0.15, 0.2) is 24.4 Å². The number of alkyl halides is 2. The first-order valence-corrected chi connectivity index (χ1v) is 7.35. The van der Waals surface area contributed by atoms with Gasteiger partial charge in [0.05, 0.1) is 27.4 Å². The summed E-state index contributed by atoms with van der Waals surface area (Å²) >= 11 is 0. The first-order valence-electron chi connectivity index (χ1n) is 7.35. The van der Waals surface area contributed by atoms with Gasteiger partial charge in [-0.1, -0.05) is 0 Å². The Kier molecular flexibility index (Phi) is 5.79. The van der Waals surface area contributed by atoms with Gasteiger partial charge in [0.15, 0.2) is 11.5 Å². The fraction of sp³-hybridized carbons (Fsp3) is 0.375. The molecular formula is C16H19F2N3O4. The van der Waals surface area contributed by atoms with Crippen molar-refractivity contribution in [3.63, 3.8) is 0 Å². The fourth-order valence-electron chi connectivity index (χ4n) is 2.27. The normalized spacial score (nSPS) is 12.0. The minimum atomic E-state index is -2.80. The first-order chi connectivity index (χ1) is 11.9. The Morgan fingerprint density at radius 3 is 2.20 bits per heavy atom. The third kappa shape index (κ3) is 3.98. The van der Waals surface area contributed by atoms with Crippen LogP contribution in [0.25, 0.3) is 0 Å². The predicted molar refractivity (Wildman–Crippen MR) is 85.5 cm³/mol. The van der Waals surface area contributed by atoms with Crippen LogP contribution in [-0.4, -0.2) is 37.0 Å². The lowest BCUT2D eigenvalue weighted by atomic mass is 10.1. The van der Waals surface area contributed by atoms with E-state index >= 15 is 0 Å². The van der Waals surface area contributed by atoms with Gasteiger partial charge in [-0.25, -0.2) is 4.68 Å². The lowest BCUT2D eigenvalue weighted by Crippen LogP contribution is -2.27. The standard InChI is InChI=1S/C16H19F2N3O4/c1-9(19-15(22)11-5-6-21(20-11)16(17)18)10-7-12(23-2)14(25-4)13(8-10)24-3/h5-9,16H,1-4H3,(H,19,22). The van der Waals surface area contributed by atoms with Gasteiger partial charge in [0.2, 0.25) is 5.75 Å². The molecule has 2 rings (SSSR count). The van der Waals surface area contributed by atoms with Crippen molar-refractivity contribution in [2.75, 3.05) is 21.3 Å². The molecule has 0 spiro atoms. The van der Waals surface area contributed by atoms with Gasteiger partial charge in [-0.05, 0) is 30.7 Å². The number of methoxy groups -OCH3 is 3. The molecule has 0 saturated carbocycles. The summed E-state index contributed by atoms with van der Waals surface area (Å²) in [5.74, 6) is 0.753. The first kappa shape index (κ1) is 18.5. The molecule has 1 atom stereocenters. The van der Waals surface area contributed by atoms with Crippen LogP contribution in [-0.2, 0) is 0 Å².